The summed E-state index contributed by atoms with van der Waals surface area (Å²) in [5.74, 6) is 0.0516. The highest BCUT2D eigenvalue weighted by molar-refractivity contribution is 7.84. The van der Waals surface area contributed by atoms with Gasteiger partial charge < -0.3 is 19.7 Å². The molecule has 8 nitrogen and oxygen atoms in total. The molecule has 1 fully saturated rings. The van der Waals surface area contributed by atoms with E-state index >= 15 is 0 Å². The van der Waals surface area contributed by atoms with Gasteiger partial charge in [0.05, 0.1) is 28.4 Å². The average Bonchev–Trinajstić information content (AvgIpc) is 2.80. The molecular weight excluding hydrogens is 478 g/mol. The zero-order valence-corrected chi connectivity index (χ0v) is 21.5. The summed E-state index contributed by atoms with van der Waals surface area (Å²) in [5.41, 5.74) is 1.45. The van der Waals surface area contributed by atoms with Crippen molar-refractivity contribution in [3.8, 4) is 11.5 Å². The number of phenolic OH excluding ortho intramolecular Hbond substituents is 1. The number of nitrogens with zero attached hydrogens (tertiary/aromatic N) is 1. The second kappa shape index (κ2) is 10.5. The van der Waals surface area contributed by atoms with E-state index in [-0.39, 0.29) is 29.2 Å². The lowest BCUT2D eigenvalue weighted by molar-refractivity contribution is 0.0672. The van der Waals surface area contributed by atoms with Gasteiger partial charge in [0, 0.05) is 30.4 Å². The standard InChI is InChI=1S/C24H32ClN3O5S/c1-14-9-20(29)17(11-19(14)25)18(12-24(2,3)34(26)32)15-5-7-28(8-6-15)23(31)16-10-21(33-4)22(30)27-13-16/h9-11,13,15,18,29H,5-8,12,26H2,1-4H3,(H,27,30)/t18-,34?/m1/s1. The van der Waals surface area contributed by atoms with E-state index < -0.39 is 21.3 Å². The van der Waals surface area contributed by atoms with E-state index in [1.54, 1.807) is 17.0 Å². The fourth-order valence-corrected chi connectivity index (χ4v) is 5.06. The monoisotopic (exact) mass is 509 g/mol. The number of ether oxygens (including phenoxy) is 1. The summed E-state index contributed by atoms with van der Waals surface area (Å²) in [6.07, 6.45) is 3.27. The van der Waals surface area contributed by atoms with Crippen molar-refractivity contribution in [3.63, 3.8) is 0 Å². The molecule has 0 aliphatic carbocycles. The molecule has 0 spiro atoms. The Hall–Kier alpha value is -2.36. The van der Waals surface area contributed by atoms with Gasteiger partial charge >= 0.3 is 0 Å². The number of phenols is 1. The predicted molar refractivity (Wildman–Crippen MR) is 134 cm³/mol. The Morgan fingerprint density at radius 3 is 2.59 bits per heavy atom. The van der Waals surface area contributed by atoms with E-state index in [2.05, 4.69) is 4.98 Å². The average molecular weight is 510 g/mol. The topological polar surface area (TPSA) is 126 Å². The number of nitrogens with two attached hydrogens (primary N) is 1. The van der Waals surface area contributed by atoms with Crippen molar-refractivity contribution < 1.29 is 18.8 Å². The van der Waals surface area contributed by atoms with Crippen LogP contribution in [0.4, 0.5) is 0 Å². The molecular formula is C24H32ClN3O5S. The van der Waals surface area contributed by atoms with Gasteiger partial charge in [-0.05, 0) is 75.1 Å². The lowest BCUT2D eigenvalue weighted by Gasteiger charge is -2.39. The number of carbonyl (C=O) groups is 1. The van der Waals surface area contributed by atoms with Gasteiger partial charge in [0.2, 0.25) is 0 Å². The van der Waals surface area contributed by atoms with Crippen molar-refractivity contribution in [1.82, 2.24) is 9.88 Å². The van der Waals surface area contributed by atoms with Crippen LogP contribution in [-0.2, 0) is 11.0 Å². The molecule has 2 heterocycles. The number of aromatic hydroxyl groups is 1. The van der Waals surface area contributed by atoms with Crippen LogP contribution in [0.5, 0.6) is 11.5 Å². The van der Waals surface area contributed by atoms with Crippen LogP contribution < -0.4 is 15.4 Å². The van der Waals surface area contributed by atoms with Gasteiger partial charge in [0.25, 0.3) is 11.5 Å². The Labute approximate surface area is 207 Å². The highest BCUT2D eigenvalue weighted by Crippen LogP contribution is 2.44. The molecule has 1 unspecified atom stereocenters. The number of nitrogens with one attached hydrogen (secondary N) is 1. The van der Waals surface area contributed by atoms with Crippen LogP contribution in [0.25, 0.3) is 0 Å². The van der Waals surface area contributed by atoms with E-state index in [9.17, 15) is 18.9 Å². The molecule has 2 atom stereocenters. The third-order valence-electron chi connectivity index (χ3n) is 6.70. The van der Waals surface area contributed by atoms with Gasteiger partial charge in [-0.1, -0.05) is 11.6 Å². The van der Waals surface area contributed by atoms with Crippen LogP contribution in [0.3, 0.4) is 0 Å². The third kappa shape index (κ3) is 5.64. The molecule has 1 amide bonds. The Morgan fingerprint density at radius 2 is 2.00 bits per heavy atom. The second-order valence-electron chi connectivity index (χ2n) is 9.44. The number of benzene rings is 1. The van der Waals surface area contributed by atoms with Crippen LogP contribution >= 0.6 is 11.6 Å². The SMILES string of the molecule is COc1cc(C(=O)N2CCC([C@@H](CC(C)(C)S(N)=O)c3cc(Cl)c(C)cc3O)CC2)c[nH]c1=O. The smallest absolute Gasteiger partial charge is 0.290 e. The number of rotatable bonds is 7. The van der Waals surface area contributed by atoms with Gasteiger partial charge in [-0.3, -0.25) is 14.7 Å². The number of aromatic amines is 1. The van der Waals surface area contributed by atoms with Crippen LogP contribution in [-0.4, -0.2) is 50.1 Å². The van der Waals surface area contributed by atoms with E-state index in [4.69, 9.17) is 21.5 Å². The number of halogens is 1. The number of hydrogen-bond donors (Lipinski definition) is 3. The number of likely N-dealkylation sites (tertiary alicyclic amines) is 1. The quantitative estimate of drug-likeness (QED) is 0.526. The predicted octanol–water partition coefficient (Wildman–Crippen LogP) is 3.48. The molecule has 4 N–H and O–H groups in total. The zero-order chi connectivity index (χ0) is 25.2. The summed E-state index contributed by atoms with van der Waals surface area (Å²) < 4.78 is 16.6. The minimum absolute atomic E-state index is 0.0875. The number of amides is 1. The molecule has 186 valence electrons. The molecule has 1 aromatic carbocycles. The van der Waals surface area contributed by atoms with Crippen molar-refractivity contribution in [1.29, 1.82) is 0 Å². The molecule has 1 saturated heterocycles. The van der Waals surface area contributed by atoms with Crippen molar-refractivity contribution in [2.75, 3.05) is 20.2 Å². The first kappa shape index (κ1) is 26.2. The Balaban J connectivity index is 1.83. The molecule has 1 aromatic heterocycles. The first-order chi connectivity index (χ1) is 15.9. The number of hydrogen-bond acceptors (Lipinski definition) is 5. The zero-order valence-electron chi connectivity index (χ0n) is 19.9. The maximum atomic E-state index is 13.0. The molecule has 0 saturated carbocycles. The van der Waals surface area contributed by atoms with Crippen molar-refractivity contribution >= 4 is 28.5 Å². The van der Waals surface area contributed by atoms with E-state index in [0.717, 1.165) is 5.56 Å². The molecule has 0 bridgehead atoms. The van der Waals surface area contributed by atoms with Crippen LogP contribution in [0.1, 0.15) is 60.5 Å². The Kier molecular flexibility index (Phi) is 8.10. The fraction of sp³-hybridized carbons (Fsp3) is 0.500. The maximum absolute atomic E-state index is 13.0. The summed E-state index contributed by atoms with van der Waals surface area (Å²) >= 11 is 6.39. The third-order valence-corrected chi connectivity index (χ3v) is 8.36. The van der Waals surface area contributed by atoms with Gasteiger partial charge in [0.1, 0.15) is 5.75 Å². The number of aryl methyl sites for hydroxylation is 1. The van der Waals surface area contributed by atoms with Crippen LogP contribution in [0.2, 0.25) is 5.02 Å². The lowest BCUT2D eigenvalue weighted by atomic mass is 9.75. The van der Waals surface area contributed by atoms with E-state index in [1.165, 1.54) is 19.4 Å². The summed E-state index contributed by atoms with van der Waals surface area (Å²) in [4.78, 5) is 29.0. The maximum Gasteiger partial charge on any atom is 0.290 e. The van der Waals surface area contributed by atoms with Crippen LogP contribution in [0.15, 0.2) is 29.2 Å². The molecule has 34 heavy (non-hydrogen) atoms. The van der Waals surface area contributed by atoms with Crippen LogP contribution in [0, 0.1) is 12.8 Å². The Morgan fingerprint density at radius 1 is 1.35 bits per heavy atom. The van der Waals surface area contributed by atoms with Gasteiger partial charge in [-0.15, -0.1) is 0 Å². The number of aromatic nitrogens is 1. The van der Waals surface area contributed by atoms with Gasteiger partial charge in [0.15, 0.2) is 5.75 Å². The second-order valence-corrected chi connectivity index (χ2v) is 11.6. The number of H-pyrrole nitrogens is 1. The minimum atomic E-state index is -1.56. The highest BCUT2D eigenvalue weighted by atomic mass is 35.5. The first-order valence-electron chi connectivity index (χ1n) is 11.2. The normalized spacial score (nSPS) is 16.8. The largest absolute Gasteiger partial charge is 0.508 e. The van der Waals surface area contributed by atoms with Gasteiger partial charge in [-0.2, -0.15) is 0 Å². The summed E-state index contributed by atoms with van der Waals surface area (Å²) in [6.45, 7) is 6.55. The van der Waals surface area contributed by atoms with E-state index in [1.807, 2.05) is 20.8 Å². The first-order valence-corrected chi connectivity index (χ1v) is 12.7. The number of piperidine rings is 1. The molecule has 0 radical (unpaired) electrons. The summed E-state index contributed by atoms with van der Waals surface area (Å²) in [5, 5.41) is 17.1. The van der Waals surface area contributed by atoms with Crippen molar-refractivity contribution in [2.45, 2.75) is 50.7 Å². The molecule has 3 rings (SSSR count). The number of pyridine rings is 1. The highest BCUT2D eigenvalue weighted by Gasteiger charge is 2.37. The summed E-state index contributed by atoms with van der Waals surface area (Å²) in [7, 11) is -0.174. The van der Waals surface area contributed by atoms with Gasteiger partial charge in [-0.25, -0.2) is 4.21 Å². The fourth-order valence-electron chi connectivity index (χ4n) is 4.55. The molecule has 2 aromatic rings. The molecule has 10 heteroatoms. The number of carbonyl (C=O) groups excluding carboxylic acids is 1. The lowest BCUT2D eigenvalue weighted by Crippen LogP contribution is -2.41. The molecule has 1 aliphatic rings. The Bertz CT molecular complexity index is 1140. The minimum Gasteiger partial charge on any atom is -0.508 e. The molecule has 1 aliphatic heterocycles. The van der Waals surface area contributed by atoms with E-state index in [0.29, 0.717) is 48.5 Å². The number of methoxy groups -OCH3 is 1. The summed E-state index contributed by atoms with van der Waals surface area (Å²) in [6, 6.07) is 4.89. The van der Waals surface area contributed by atoms with Crippen molar-refractivity contribution in [2.24, 2.45) is 11.1 Å². The van der Waals surface area contributed by atoms with Crippen molar-refractivity contribution in [3.05, 3.63) is 56.5 Å².